The van der Waals surface area contributed by atoms with Gasteiger partial charge in [-0.25, -0.2) is 4.79 Å². The minimum absolute atomic E-state index is 0.0357. The van der Waals surface area contributed by atoms with Crippen molar-refractivity contribution in [1.82, 2.24) is 4.90 Å². The fraction of sp³-hybridized carbons (Fsp3) is 0.0526. The molecule has 0 aromatic heterocycles. The number of primary amides is 1. The standard InChI is InChI=1S/C19H12Cl2N2O5S/c20-11-5-6-14(28-18(26)12-3-1-2-4-13(12)21)10(7-11)8-15-17(25)23(9-16(22)24)19(27)29-15/h1-8H,9H2,(H2,22,24)/b15-8-. The molecule has 10 heteroatoms. The van der Waals surface area contributed by atoms with Gasteiger partial charge in [0, 0.05) is 10.6 Å². The SMILES string of the molecule is NC(=O)CN1C(=O)S/C(=C\c2cc(Cl)ccc2OC(=O)c2ccccc2Cl)C1=O. The number of nitrogens with two attached hydrogens (primary N) is 1. The van der Waals surface area contributed by atoms with Crippen LogP contribution in [0.1, 0.15) is 15.9 Å². The molecule has 3 rings (SSSR count). The van der Waals surface area contributed by atoms with Crippen molar-refractivity contribution in [3.8, 4) is 5.75 Å². The molecule has 0 spiro atoms. The van der Waals surface area contributed by atoms with Gasteiger partial charge in [-0.15, -0.1) is 0 Å². The topological polar surface area (TPSA) is 107 Å². The molecule has 148 valence electrons. The number of halogens is 2. The Morgan fingerprint density at radius 1 is 1.14 bits per heavy atom. The normalized spacial score (nSPS) is 15.1. The molecule has 0 atom stereocenters. The number of hydrogen-bond acceptors (Lipinski definition) is 6. The molecule has 29 heavy (non-hydrogen) atoms. The van der Waals surface area contributed by atoms with Crippen molar-refractivity contribution < 1.29 is 23.9 Å². The maximum atomic E-state index is 12.5. The fourth-order valence-corrected chi connectivity index (χ4v) is 3.66. The van der Waals surface area contributed by atoms with E-state index in [-0.39, 0.29) is 21.2 Å². The summed E-state index contributed by atoms with van der Waals surface area (Å²) in [5.74, 6) is -2.08. The molecule has 0 unspecified atom stereocenters. The number of carbonyl (C=O) groups excluding carboxylic acids is 4. The first-order valence-electron chi connectivity index (χ1n) is 8.06. The van der Waals surface area contributed by atoms with Crippen LogP contribution in [0.3, 0.4) is 0 Å². The zero-order chi connectivity index (χ0) is 21.1. The number of hydrogen-bond donors (Lipinski definition) is 1. The van der Waals surface area contributed by atoms with Crippen LogP contribution < -0.4 is 10.5 Å². The minimum Gasteiger partial charge on any atom is -0.422 e. The van der Waals surface area contributed by atoms with Crippen molar-refractivity contribution in [1.29, 1.82) is 0 Å². The van der Waals surface area contributed by atoms with Crippen molar-refractivity contribution >= 4 is 64.1 Å². The van der Waals surface area contributed by atoms with Gasteiger partial charge in [-0.1, -0.05) is 35.3 Å². The van der Waals surface area contributed by atoms with Crippen molar-refractivity contribution in [2.24, 2.45) is 5.73 Å². The molecular formula is C19H12Cl2N2O5S. The van der Waals surface area contributed by atoms with Crippen LogP contribution in [0.25, 0.3) is 6.08 Å². The number of nitrogens with zero attached hydrogens (tertiary/aromatic N) is 1. The van der Waals surface area contributed by atoms with Gasteiger partial charge < -0.3 is 10.5 Å². The number of imide groups is 1. The average Bonchev–Trinajstić information content (AvgIpc) is 2.91. The van der Waals surface area contributed by atoms with Crippen LogP contribution in [-0.4, -0.2) is 34.5 Å². The van der Waals surface area contributed by atoms with Crippen LogP contribution in [0, 0.1) is 0 Å². The summed E-state index contributed by atoms with van der Waals surface area (Å²) in [4.78, 5) is 48.6. The first-order valence-corrected chi connectivity index (χ1v) is 9.63. The molecule has 3 amide bonds. The number of carbonyl (C=O) groups is 4. The molecular weight excluding hydrogens is 439 g/mol. The molecule has 2 aromatic rings. The molecule has 1 fully saturated rings. The largest absolute Gasteiger partial charge is 0.422 e. The molecule has 1 aliphatic rings. The predicted octanol–water partition coefficient (Wildman–Crippen LogP) is 3.73. The monoisotopic (exact) mass is 450 g/mol. The number of esters is 1. The Balaban J connectivity index is 1.92. The minimum atomic E-state index is -0.814. The Morgan fingerprint density at radius 2 is 1.86 bits per heavy atom. The number of benzene rings is 2. The highest BCUT2D eigenvalue weighted by atomic mass is 35.5. The highest BCUT2D eigenvalue weighted by Gasteiger charge is 2.36. The van der Waals surface area contributed by atoms with Gasteiger partial charge in [-0.3, -0.25) is 19.3 Å². The Kier molecular flexibility index (Phi) is 6.26. The lowest BCUT2D eigenvalue weighted by Crippen LogP contribution is -2.36. The van der Waals surface area contributed by atoms with E-state index in [0.29, 0.717) is 22.3 Å². The summed E-state index contributed by atoms with van der Waals surface area (Å²) in [6.45, 7) is -0.522. The first kappa shape index (κ1) is 20.9. The van der Waals surface area contributed by atoms with E-state index in [4.69, 9.17) is 33.7 Å². The van der Waals surface area contributed by atoms with E-state index < -0.39 is 29.6 Å². The van der Waals surface area contributed by atoms with Gasteiger partial charge in [-0.05, 0) is 48.2 Å². The first-order chi connectivity index (χ1) is 13.8. The van der Waals surface area contributed by atoms with E-state index in [1.165, 1.54) is 30.3 Å². The third-order valence-corrected chi connectivity index (χ3v) is 5.21. The Hall–Kier alpha value is -2.81. The summed E-state index contributed by atoms with van der Waals surface area (Å²) in [6.07, 6.45) is 1.35. The number of rotatable bonds is 5. The molecule has 1 aliphatic heterocycles. The van der Waals surface area contributed by atoms with Crippen molar-refractivity contribution in [2.45, 2.75) is 0 Å². The van der Waals surface area contributed by atoms with Crippen molar-refractivity contribution in [2.75, 3.05) is 6.54 Å². The Morgan fingerprint density at radius 3 is 2.55 bits per heavy atom. The van der Waals surface area contributed by atoms with Gasteiger partial charge in [0.25, 0.3) is 11.1 Å². The summed E-state index contributed by atoms with van der Waals surface area (Å²) < 4.78 is 5.41. The number of ether oxygens (including phenoxy) is 1. The molecule has 0 aliphatic carbocycles. The Bertz CT molecular complexity index is 1070. The van der Waals surface area contributed by atoms with Crippen LogP contribution in [0.5, 0.6) is 5.75 Å². The highest BCUT2D eigenvalue weighted by Crippen LogP contribution is 2.35. The van der Waals surface area contributed by atoms with Gasteiger partial charge in [0.1, 0.15) is 12.3 Å². The lowest BCUT2D eigenvalue weighted by Gasteiger charge is -2.10. The molecule has 0 bridgehead atoms. The summed E-state index contributed by atoms with van der Waals surface area (Å²) in [5.41, 5.74) is 5.52. The summed E-state index contributed by atoms with van der Waals surface area (Å²) >= 11 is 12.7. The zero-order valence-electron chi connectivity index (χ0n) is 14.6. The van der Waals surface area contributed by atoms with Crippen molar-refractivity contribution in [3.63, 3.8) is 0 Å². The van der Waals surface area contributed by atoms with Crippen LogP contribution in [0.4, 0.5) is 4.79 Å². The smallest absolute Gasteiger partial charge is 0.345 e. The predicted molar refractivity (Wildman–Crippen MR) is 110 cm³/mol. The highest BCUT2D eigenvalue weighted by molar-refractivity contribution is 8.18. The van der Waals surface area contributed by atoms with Crippen molar-refractivity contribution in [3.05, 3.63) is 68.5 Å². The van der Waals surface area contributed by atoms with E-state index in [9.17, 15) is 19.2 Å². The van der Waals surface area contributed by atoms with Crippen LogP contribution in [-0.2, 0) is 9.59 Å². The molecule has 0 radical (unpaired) electrons. The van der Waals surface area contributed by atoms with Crippen LogP contribution in [0.2, 0.25) is 10.0 Å². The molecule has 2 N–H and O–H groups in total. The van der Waals surface area contributed by atoms with E-state index in [1.807, 2.05) is 0 Å². The lowest BCUT2D eigenvalue weighted by molar-refractivity contribution is -0.127. The third-order valence-electron chi connectivity index (χ3n) is 3.74. The summed E-state index contributed by atoms with van der Waals surface area (Å²) in [5, 5.41) is -0.0811. The van der Waals surface area contributed by atoms with E-state index in [0.717, 1.165) is 4.90 Å². The van der Waals surface area contributed by atoms with Crippen LogP contribution >= 0.6 is 35.0 Å². The van der Waals surface area contributed by atoms with E-state index in [1.54, 1.807) is 18.2 Å². The molecule has 2 aromatic carbocycles. The lowest BCUT2D eigenvalue weighted by atomic mass is 10.1. The average molecular weight is 451 g/mol. The van der Waals surface area contributed by atoms with Gasteiger partial charge in [0.15, 0.2) is 0 Å². The van der Waals surface area contributed by atoms with E-state index in [2.05, 4.69) is 0 Å². The third kappa shape index (κ3) is 4.79. The maximum absolute atomic E-state index is 12.5. The fourth-order valence-electron chi connectivity index (χ4n) is 2.44. The second-order valence-electron chi connectivity index (χ2n) is 5.79. The maximum Gasteiger partial charge on any atom is 0.345 e. The van der Waals surface area contributed by atoms with Gasteiger partial charge in [-0.2, -0.15) is 0 Å². The summed E-state index contributed by atoms with van der Waals surface area (Å²) in [6, 6.07) is 10.8. The molecule has 7 nitrogen and oxygen atoms in total. The second-order valence-corrected chi connectivity index (χ2v) is 7.62. The molecule has 0 saturated carbocycles. The molecule has 1 saturated heterocycles. The zero-order valence-corrected chi connectivity index (χ0v) is 16.9. The van der Waals surface area contributed by atoms with Crippen LogP contribution in [0.15, 0.2) is 47.4 Å². The van der Waals surface area contributed by atoms with E-state index >= 15 is 0 Å². The quantitative estimate of drug-likeness (QED) is 0.422. The Labute approximate surface area is 179 Å². The molecule has 1 heterocycles. The second kappa shape index (κ2) is 8.69. The number of amides is 3. The van der Waals surface area contributed by atoms with Gasteiger partial charge in [0.05, 0.1) is 15.5 Å². The number of thioether (sulfide) groups is 1. The van der Waals surface area contributed by atoms with Gasteiger partial charge >= 0.3 is 5.97 Å². The summed E-state index contributed by atoms with van der Waals surface area (Å²) in [7, 11) is 0. The van der Waals surface area contributed by atoms with Gasteiger partial charge in [0.2, 0.25) is 5.91 Å².